The van der Waals surface area contributed by atoms with Gasteiger partial charge in [0.25, 0.3) is 0 Å². The molecular weight excluding hydrogens is 196 g/mol. The van der Waals surface area contributed by atoms with Crippen molar-refractivity contribution in [2.45, 2.75) is 70.5 Å². The van der Waals surface area contributed by atoms with E-state index in [9.17, 15) is 0 Å². The van der Waals surface area contributed by atoms with E-state index in [0.717, 1.165) is 18.0 Å². The Labute approximate surface area is 101 Å². The van der Waals surface area contributed by atoms with Crippen molar-refractivity contribution in [3.8, 4) is 0 Å². The molecule has 2 fully saturated rings. The van der Waals surface area contributed by atoms with Gasteiger partial charge in [-0.1, -0.05) is 13.3 Å². The van der Waals surface area contributed by atoms with Crippen molar-refractivity contribution in [3.05, 3.63) is 0 Å². The molecule has 0 aliphatic carbocycles. The molecule has 16 heavy (non-hydrogen) atoms. The van der Waals surface area contributed by atoms with Crippen LogP contribution in [0, 0.1) is 5.92 Å². The predicted octanol–water partition coefficient (Wildman–Crippen LogP) is 2.64. The quantitative estimate of drug-likeness (QED) is 0.772. The van der Waals surface area contributed by atoms with Crippen molar-refractivity contribution in [2.75, 3.05) is 13.6 Å². The molecule has 0 aromatic rings. The fourth-order valence-corrected chi connectivity index (χ4v) is 3.59. The van der Waals surface area contributed by atoms with E-state index >= 15 is 0 Å². The maximum Gasteiger partial charge on any atom is 0.00988 e. The van der Waals surface area contributed by atoms with E-state index in [0.29, 0.717) is 6.04 Å². The lowest BCUT2D eigenvalue weighted by Gasteiger charge is -2.36. The molecule has 3 unspecified atom stereocenters. The first-order valence-electron chi connectivity index (χ1n) is 7.16. The summed E-state index contributed by atoms with van der Waals surface area (Å²) in [6.45, 7) is 5.85. The van der Waals surface area contributed by atoms with Crippen LogP contribution in [-0.2, 0) is 0 Å². The second kappa shape index (κ2) is 5.50. The smallest absolute Gasteiger partial charge is 0.00988 e. The highest BCUT2D eigenvalue weighted by Crippen LogP contribution is 2.37. The summed E-state index contributed by atoms with van der Waals surface area (Å²) in [5.74, 6) is 0.938. The molecule has 0 aromatic heterocycles. The van der Waals surface area contributed by atoms with Crippen LogP contribution in [0.1, 0.15) is 52.4 Å². The zero-order chi connectivity index (χ0) is 11.5. The Hall–Kier alpha value is -0.0800. The number of nitrogens with one attached hydrogen (secondary N) is 1. The Bertz CT molecular complexity index is 203. The molecule has 2 nitrogen and oxygen atoms in total. The van der Waals surface area contributed by atoms with E-state index in [1.165, 1.54) is 45.1 Å². The molecule has 94 valence electrons. The molecule has 2 saturated heterocycles. The SMILES string of the molecule is CCCC(C)NCC1CC2CCC(C1)N2C. The molecule has 2 aliphatic rings. The molecule has 0 spiro atoms. The molecule has 3 atom stereocenters. The van der Waals surface area contributed by atoms with Gasteiger partial charge >= 0.3 is 0 Å². The summed E-state index contributed by atoms with van der Waals surface area (Å²) in [6, 6.07) is 2.50. The highest BCUT2D eigenvalue weighted by Gasteiger charge is 2.37. The monoisotopic (exact) mass is 224 g/mol. The van der Waals surface area contributed by atoms with Crippen LogP contribution >= 0.6 is 0 Å². The van der Waals surface area contributed by atoms with E-state index in [-0.39, 0.29) is 0 Å². The fourth-order valence-electron chi connectivity index (χ4n) is 3.59. The molecule has 0 aromatic carbocycles. The van der Waals surface area contributed by atoms with Crippen molar-refractivity contribution >= 4 is 0 Å². The van der Waals surface area contributed by atoms with Crippen molar-refractivity contribution in [2.24, 2.45) is 5.92 Å². The summed E-state index contributed by atoms with van der Waals surface area (Å²) in [7, 11) is 2.33. The lowest BCUT2D eigenvalue weighted by Crippen LogP contribution is -2.43. The van der Waals surface area contributed by atoms with Crippen LogP contribution in [0.3, 0.4) is 0 Å². The van der Waals surface area contributed by atoms with Gasteiger partial charge < -0.3 is 10.2 Å². The number of rotatable bonds is 5. The molecule has 2 aliphatic heterocycles. The minimum atomic E-state index is 0.710. The lowest BCUT2D eigenvalue weighted by atomic mass is 9.91. The zero-order valence-electron chi connectivity index (χ0n) is 11.2. The molecule has 0 amide bonds. The van der Waals surface area contributed by atoms with Crippen LogP contribution in [0.25, 0.3) is 0 Å². The maximum absolute atomic E-state index is 3.72. The molecule has 0 radical (unpaired) electrons. The Kier molecular flexibility index (Phi) is 4.26. The molecule has 2 bridgehead atoms. The number of hydrogen-bond donors (Lipinski definition) is 1. The molecule has 2 heteroatoms. The van der Waals surface area contributed by atoms with Crippen LogP contribution in [0.15, 0.2) is 0 Å². The topological polar surface area (TPSA) is 15.3 Å². The van der Waals surface area contributed by atoms with Gasteiger partial charge in [0, 0.05) is 18.1 Å². The minimum Gasteiger partial charge on any atom is -0.314 e. The number of fused-ring (bicyclic) bond motifs is 2. The van der Waals surface area contributed by atoms with Crippen LogP contribution < -0.4 is 5.32 Å². The summed E-state index contributed by atoms with van der Waals surface area (Å²) in [4.78, 5) is 2.63. The van der Waals surface area contributed by atoms with E-state index in [4.69, 9.17) is 0 Å². The van der Waals surface area contributed by atoms with E-state index in [1.807, 2.05) is 0 Å². The van der Waals surface area contributed by atoms with Gasteiger partial charge in [0.15, 0.2) is 0 Å². The van der Waals surface area contributed by atoms with Crippen LogP contribution in [0.4, 0.5) is 0 Å². The van der Waals surface area contributed by atoms with Crippen LogP contribution in [0.2, 0.25) is 0 Å². The van der Waals surface area contributed by atoms with Crippen LogP contribution in [-0.4, -0.2) is 36.6 Å². The lowest BCUT2D eigenvalue weighted by molar-refractivity contribution is 0.131. The van der Waals surface area contributed by atoms with Gasteiger partial charge in [0.2, 0.25) is 0 Å². The number of hydrogen-bond acceptors (Lipinski definition) is 2. The van der Waals surface area contributed by atoms with Crippen molar-refractivity contribution < 1.29 is 0 Å². The second-order valence-electron chi connectivity index (χ2n) is 5.99. The largest absolute Gasteiger partial charge is 0.314 e. The molecule has 2 rings (SSSR count). The normalized spacial score (nSPS) is 36.6. The third-order valence-electron chi connectivity index (χ3n) is 4.67. The highest BCUT2D eigenvalue weighted by atomic mass is 15.2. The first kappa shape index (κ1) is 12.4. The number of piperidine rings is 1. The third-order valence-corrected chi connectivity index (χ3v) is 4.67. The highest BCUT2D eigenvalue weighted by molar-refractivity contribution is 4.93. The van der Waals surface area contributed by atoms with Gasteiger partial charge in [-0.15, -0.1) is 0 Å². The first-order chi connectivity index (χ1) is 7.70. The molecule has 1 N–H and O–H groups in total. The van der Waals surface area contributed by atoms with Gasteiger partial charge in [-0.2, -0.15) is 0 Å². The van der Waals surface area contributed by atoms with E-state index in [2.05, 4.69) is 31.1 Å². The van der Waals surface area contributed by atoms with Crippen molar-refractivity contribution in [1.29, 1.82) is 0 Å². The Morgan fingerprint density at radius 3 is 2.44 bits per heavy atom. The predicted molar refractivity (Wildman–Crippen MR) is 69.7 cm³/mol. The summed E-state index contributed by atoms with van der Waals surface area (Å²) in [5, 5.41) is 3.72. The third kappa shape index (κ3) is 2.78. The van der Waals surface area contributed by atoms with Crippen LogP contribution in [0.5, 0.6) is 0 Å². The summed E-state index contributed by atoms with van der Waals surface area (Å²) < 4.78 is 0. The first-order valence-corrected chi connectivity index (χ1v) is 7.16. The fraction of sp³-hybridized carbons (Fsp3) is 1.00. The van der Waals surface area contributed by atoms with Crippen molar-refractivity contribution in [1.82, 2.24) is 10.2 Å². The van der Waals surface area contributed by atoms with Gasteiger partial charge in [-0.25, -0.2) is 0 Å². The van der Waals surface area contributed by atoms with Gasteiger partial charge in [0.05, 0.1) is 0 Å². The maximum atomic E-state index is 3.72. The van der Waals surface area contributed by atoms with E-state index in [1.54, 1.807) is 0 Å². The summed E-state index contributed by atoms with van der Waals surface area (Å²) in [6.07, 6.45) is 8.37. The Morgan fingerprint density at radius 1 is 1.25 bits per heavy atom. The van der Waals surface area contributed by atoms with Gasteiger partial charge in [-0.05, 0) is 58.5 Å². The number of nitrogens with zero attached hydrogens (tertiary/aromatic N) is 1. The average Bonchev–Trinajstić information content (AvgIpc) is 2.52. The van der Waals surface area contributed by atoms with Gasteiger partial charge in [0.1, 0.15) is 0 Å². The zero-order valence-corrected chi connectivity index (χ0v) is 11.2. The Morgan fingerprint density at radius 2 is 1.88 bits per heavy atom. The molecule has 0 saturated carbocycles. The van der Waals surface area contributed by atoms with E-state index < -0.39 is 0 Å². The minimum absolute atomic E-state index is 0.710. The average molecular weight is 224 g/mol. The van der Waals surface area contributed by atoms with Gasteiger partial charge in [-0.3, -0.25) is 0 Å². The Balaban J connectivity index is 1.72. The molecule has 2 heterocycles. The van der Waals surface area contributed by atoms with Crippen molar-refractivity contribution in [3.63, 3.8) is 0 Å². The molecular formula is C14H28N2. The summed E-state index contributed by atoms with van der Waals surface area (Å²) in [5.41, 5.74) is 0. The second-order valence-corrected chi connectivity index (χ2v) is 5.99. The standard InChI is InChI=1S/C14H28N2/c1-4-5-11(2)15-10-12-8-13-6-7-14(9-12)16(13)3/h11-15H,4-10H2,1-3H3. The summed E-state index contributed by atoms with van der Waals surface area (Å²) >= 11 is 0.